The van der Waals surface area contributed by atoms with Gasteiger partial charge in [0.15, 0.2) is 0 Å². The number of hydrogen-bond donors (Lipinski definition) is 0. The maximum Gasteiger partial charge on any atom is 0.0726 e. The van der Waals surface area contributed by atoms with Crippen LogP contribution in [0.4, 0.5) is 17.1 Å². The number of fused-ring (bicyclic) bond motifs is 15. The van der Waals surface area contributed by atoms with E-state index in [2.05, 4.69) is 205 Å². The second-order valence-electron chi connectivity index (χ2n) is 14.8. The molecule has 0 saturated carbocycles. The predicted molar refractivity (Wildman–Crippen MR) is 233 cm³/mol. The lowest BCUT2D eigenvalue weighted by Crippen LogP contribution is -2.26. The summed E-state index contributed by atoms with van der Waals surface area (Å²) in [6, 6.07) is 74.3. The molecule has 2 aliphatic rings. The van der Waals surface area contributed by atoms with Gasteiger partial charge in [-0.2, -0.15) is 0 Å². The summed E-state index contributed by atoms with van der Waals surface area (Å²) in [6.45, 7) is 0. The summed E-state index contributed by atoms with van der Waals surface area (Å²) < 4.78 is 2.71. The van der Waals surface area contributed by atoms with Crippen molar-refractivity contribution in [3.63, 3.8) is 0 Å². The van der Waals surface area contributed by atoms with Crippen molar-refractivity contribution in [1.29, 1.82) is 0 Å². The van der Waals surface area contributed by atoms with Crippen LogP contribution in [0.2, 0.25) is 0 Å². The van der Waals surface area contributed by atoms with Gasteiger partial charge in [0.25, 0.3) is 0 Å². The van der Waals surface area contributed by atoms with Gasteiger partial charge in [0, 0.05) is 42.8 Å². The van der Waals surface area contributed by atoms with Crippen LogP contribution < -0.4 is 4.90 Å². The fourth-order valence-electron chi connectivity index (χ4n) is 9.72. The lowest BCUT2D eigenvalue weighted by Gasteiger charge is -2.32. The summed E-state index contributed by atoms with van der Waals surface area (Å²) in [5, 5.41) is 5.19. The van der Waals surface area contributed by atoms with Crippen molar-refractivity contribution < 1.29 is 0 Å². The summed E-state index contributed by atoms with van der Waals surface area (Å²) in [5.74, 6) is 0. The third kappa shape index (κ3) is 4.29. The summed E-state index contributed by atoms with van der Waals surface area (Å²) in [6.07, 6.45) is 0. The topological polar surface area (TPSA) is 3.24 Å². The Morgan fingerprint density at radius 1 is 0.364 bits per heavy atom. The van der Waals surface area contributed by atoms with E-state index in [9.17, 15) is 0 Å². The number of anilines is 3. The minimum Gasteiger partial charge on any atom is -0.310 e. The lowest BCUT2D eigenvalue weighted by atomic mass is 9.70. The number of thiophene rings is 1. The van der Waals surface area contributed by atoms with Crippen LogP contribution in [-0.2, 0) is 5.41 Å². The van der Waals surface area contributed by atoms with E-state index >= 15 is 0 Å². The maximum atomic E-state index is 2.49. The molecule has 1 heterocycles. The molecule has 2 heteroatoms. The van der Waals surface area contributed by atoms with Gasteiger partial charge < -0.3 is 4.90 Å². The third-order valence-corrected chi connectivity index (χ3v) is 13.3. The zero-order valence-electron chi connectivity index (χ0n) is 29.9. The Kier molecular flexibility index (Phi) is 6.49. The van der Waals surface area contributed by atoms with Crippen molar-refractivity contribution in [1.82, 2.24) is 0 Å². The second-order valence-corrected chi connectivity index (χ2v) is 15.9. The fourth-order valence-corrected chi connectivity index (χ4v) is 11.0. The fraction of sp³-hybridized carbons (Fsp3) is 0.0189. The molecule has 0 amide bonds. The van der Waals surface area contributed by atoms with Gasteiger partial charge >= 0.3 is 0 Å². The Bertz CT molecular complexity index is 3160. The van der Waals surface area contributed by atoms with E-state index in [1.165, 1.54) is 86.6 Å². The van der Waals surface area contributed by atoms with Gasteiger partial charge in [-0.05, 0) is 109 Å². The number of nitrogens with zero attached hydrogens (tertiary/aromatic N) is 1. The molecule has 1 unspecified atom stereocenters. The molecule has 55 heavy (non-hydrogen) atoms. The van der Waals surface area contributed by atoms with E-state index in [1.807, 2.05) is 11.3 Å². The highest BCUT2D eigenvalue weighted by Gasteiger charge is 2.52. The molecule has 0 bridgehead atoms. The van der Waals surface area contributed by atoms with Crippen LogP contribution in [0.1, 0.15) is 22.3 Å². The number of rotatable bonds is 4. The summed E-state index contributed by atoms with van der Waals surface area (Å²) in [7, 11) is 0. The van der Waals surface area contributed by atoms with Crippen molar-refractivity contribution in [3.8, 4) is 33.4 Å². The van der Waals surface area contributed by atoms with Crippen molar-refractivity contribution in [3.05, 3.63) is 222 Å². The van der Waals surface area contributed by atoms with E-state index in [0.29, 0.717) is 0 Å². The first-order valence-electron chi connectivity index (χ1n) is 19.0. The Morgan fingerprint density at radius 3 is 1.85 bits per heavy atom. The summed E-state index contributed by atoms with van der Waals surface area (Å²) in [5.41, 5.74) is 16.2. The van der Waals surface area contributed by atoms with Crippen LogP contribution in [0.3, 0.4) is 0 Å². The Balaban J connectivity index is 1.08. The average Bonchev–Trinajstić information content (AvgIpc) is 3.88. The highest BCUT2D eigenvalue weighted by Crippen LogP contribution is 2.65. The summed E-state index contributed by atoms with van der Waals surface area (Å²) in [4.78, 5) is 2.41. The smallest absolute Gasteiger partial charge is 0.0726 e. The Morgan fingerprint density at radius 2 is 1.00 bits per heavy atom. The standard InChI is InChI=1S/C53H33NS/c1-2-14-38(15-3-1)54(39-26-24-35(25-27-39)37-23-22-34-12-4-5-13-36(34)32-37)40-28-29-42-41-16-6-9-19-46(41)53(49(42)33-40)47-20-10-7-18-45(47)51-48(53)31-30-44-43-17-8-11-21-50(43)55-52(44)51/h1-33H. The van der Waals surface area contributed by atoms with Gasteiger partial charge in [0.05, 0.1) is 5.41 Å². The molecular weight excluding hydrogens is 683 g/mol. The van der Waals surface area contributed by atoms with Crippen molar-refractivity contribution in [2.75, 3.05) is 4.90 Å². The van der Waals surface area contributed by atoms with Gasteiger partial charge in [-0.15, -0.1) is 11.3 Å². The molecule has 0 N–H and O–H groups in total. The van der Waals surface area contributed by atoms with Crippen LogP contribution in [0.25, 0.3) is 64.3 Å². The van der Waals surface area contributed by atoms with Gasteiger partial charge in [-0.3, -0.25) is 0 Å². The van der Waals surface area contributed by atoms with Crippen LogP contribution in [0.5, 0.6) is 0 Å². The molecule has 0 aliphatic heterocycles. The average molecular weight is 716 g/mol. The van der Waals surface area contributed by atoms with Crippen molar-refractivity contribution >= 4 is 59.3 Å². The SMILES string of the molecule is c1ccc(N(c2ccc(-c3ccc4ccccc4c3)cc2)c2ccc3c(c2)C2(c4ccccc4-3)c3ccccc3-c3c2ccc2c3sc3ccccc32)cc1. The highest BCUT2D eigenvalue weighted by atomic mass is 32.1. The van der Waals surface area contributed by atoms with Crippen molar-refractivity contribution in [2.45, 2.75) is 5.41 Å². The molecular formula is C53H33NS. The van der Waals surface area contributed by atoms with Crippen LogP contribution in [-0.4, -0.2) is 0 Å². The molecule has 10 aromatic rings. The first kappa shape index (κ1) is 30.7. The Hall–Kier alpha value is -6.74. The molecule has 12 rings (SSSR count). The first-order chi connectivity index (χ1) is 27.3. The van der Waals surface area contributed by atoms with Gasteiger partial charge in [-0.1, -0.05) is 152 Å². The van der Waals surface area contributed by atoms with Gasteiger partial charge in [0.2, 0.25) is 0 Å². The second kappa shape index (κ2) is 11.6. The highest BCUT2D eigenvalue weighted by molar-refractivity contribution is 7.26. The minimum atomic E-state index is -0.444. The van der Waals surface area contributed by atoms with E-state index in [0.717, 1.165) is 17.1 Å². The molecule has 0 saturated heterocycles. The normalized spacial score (nSPS) is 15.0. The number of benzene rings is 9. The lowest BCUT2D eigenvalue weighted by molar-refractivity contribution is 0.794. The molecule has 1 spiro atoms. The zero-order valence-corrected chi connectivity index (χ0v) is 30.7. The summed E-state index contributed by atoms with van der Waals surface area (Å²) >= 11 is 1.93. The monoisotopic (exact) mass is 715 g/mol. The van der Waals surface area contributed by atoms with E-state index in [4.69, 9.17) is 0 Å². The Labute approximate surface area is 324 Å². The molecule has 0 radical (unpaired) electrons. The van der Waals surface area contributed by atoms with Gasteiger partial charge in [-0.25, -0.2) is 0 Å². The van der Waals surface area contributed by atoms with Crippen LogP contribution >= 0.6 is 11.3 Å². The van der Waals surface area contributed by atoms with Crippen molar-refractivity contribution in [2.24, 2.45) is 0 Å². The number of hydrogen-bond acceptors (Lipinski definition) is 2. The molecule has 2 aliphatic carbocycles. The molecule has 1 nitrogen and oxygen atoms in total. The van der Waals surface area contributed by atoms with E-state index < -0.39 is 5.41 Å². The van der Waals surface area contributed by atoms with E-state index in [-0.39, 0.29) is 0 Å². The maximum absolute atomic E-state index is 2.49. The predicted octanol–water partition coefficient (Wildman–Crippen LogP) is 14.7. The first-order valence-corrected chi connectivity index (χ1v) is 19.8. The molecule has 256 valence electrons. The molecule has 1 atom stereocenters. The molecule has 9 aromatic carbocycles. The van der Waals surface area contributed by atoms with Crippen LogP contribution in [0.15, 0.2) is 200 Å². The molecule has 0 fully saturated rings. The van der Waals surface area contributed by atoms with E-state index in [1.54, 1.807) is 0 Å². The largest absolute Gasteiger partial charge is 0.310 e. The van der Waals surface area contributed by atoms with Crippen LogP contribution in [0, 0.1) is 0 Å². The zero-order chi connectivity index (χ0) is 36.1. The quantitative estimate of drug-likeness (QED) is 0.175. The third-order valence-electron chi connectivity index (χ3n) is 12.1. The minimum absolute atomic E-state index is 0.444. The van der Waals surface area contributed by atoms with Gasteiger partial charge in [0.1, 0.15) is 0 Å². The number of para-hydroxylation sites is 1. The molecule has 1 aromatic heterocycles.